The highest BCUT2D eigenvalue weighted by Crippen LogP contribution is 2.46. The highest BCUT2D eigenvalue weighted by Gasteiger charge is 2.28. The Bertz CT molecular complexity index is 1720. The van der Waals surface area contributed by atoms with Gasteiger partial charge in [0.1, 0.15) is 17.2 Å². The van der Waals surface area contributed by atoms with E-state index < -0.39 is 0 Å². The molecular weight excluding hydrogens is 634 g/mol. The fraction of sp³-hybridized carbons (Fsp3) is 0.459. The standard InChI is InChI=1S/C37H43N3O5S.ClH/c1-3-44-37(42)32-23-31-36(46-32)34(25-8-5-4-6-9-25)35(38(31)2)26-11-14-29(15-12-26)45-24-27-22-28(40-17-7-10-33(40)41)13-16-30(27)39-18-20-43-21-19-39;/h11-16,22-23,25H,3-10,17-21,24H2,1-2H3;1H. The van der Waals surface area contributed by atoms with Crippen LogP contribution in [0.3, 0.4) is 0 Å². The van der Waals surface area contributed by atoms with Crippen molar-refractivity contribution in [3.05, 3.63) is 64.5 Å². The molecule has 4 heterocycles. The Morgan fingerprint density at radius 2 is 1.74 bits per heavy atom. The van der Waals surface area contributed by atoms with Gasteiger partial charge < -0.3 is 28.6 Å². The Kier molecular flexibility index (Phi) is 10.4. The number of anilines is 2. The number of benzene rings is 2. The van der Waals surface area contributed by atoms with Crippen molar-refractivity contribution in [2.75, 3.05) is 49.3 Å². The number of fused-ring (bicyclic) bond motifs is 1. The van der Waals surface area contributed by atoms with Gasteiger partial charge in [0.2, 0.25) is 5.91 Å². The molecule has 1 aliphatic carbocycles. The molecule has 0 bridgehead atoms. The van der Waals surface area contributed by atoms with Crippen LogP contribution in [0.15, 0.2) is 48.5 Å². The van der Waals surface area contributed by atoms with E-state index in [-0.39, 0.29) is 24.3 Å². The second kappa shape index (κ2) is 14.7. The first kappa shape index (κ1) is 33.4. The van der Waals surface area contributed by atoms with Gasteiger partial charge in [-0.25, -0.2) is 4.79 Å². The maximum absolute atomic E-state index is 12.6. The van der Waals surface area contributed by atoms with Crippen molar-refractivity contribution in [1.29, 1.82) is 0 Å². The zero-order chi connectivity index (χ0) is 31.6. The number of hydrogen-bond donors (Lipinski definition) is 0. The van der Waals surface area contributed by atoms with Crippen molar-refractivity contribution in [2.24, 2.45) is 7.05 Å². The monoisotopic (exact) mass is 677 g/mol. The molecule has 4 aromatic rings. The second-order valence-electron chi connectivity index (χ2n) is 12.6. The highest BCUT2D eigenvalue weighted by molar-refractivity contribution is 7.21. The molecule has 2 aliphatic heterocycles. The number of hydrogen-bond acceptors (Lipinski definition) is 7. The number of carbonyl (C=O) groups is 2. The van der Waals surface area contributed by atoms with Crippen LogP contribution < -0.4 is 14.5 Å². The largest absolute Gasteiger partial charge is 0.489 e. The van der Waals surface area contributed by atoms with E-state index in [9.17, 15) is 9.59 Å². The lowest BCUT2D eigenvalue weighted by Gasteiger charge is -2.31. The van der Waals surface area contributed by atoms with Crippen LogP contribution in [0.5, 0.6) is 5.75 Å². The first-order valence-electron chi connectivity index (χ1n) is 16.8. The molecule has 0 atom stereocenters. The molecule has 0 spiro atoms. The topological polar surface area (TPSA) is 73.2 Å². The summed E-state index contributed by atoms with van der Waals surface area (Å²) in [6.07, 6.45) is 7.62. The molecule has 2 saturated heterocycles. The Balaban J connectivity index is 0.00000386. The molecular formula is C37H44ClN3O5S. The Morgan fingerprint density at radius 1 is 0.979 bits per heavy atom. The number of aryl methyl sites for hydroxylation is 1. The lowest BCUT2D eigenvalue weighted by Crippen LogP contribution is -2.37. The van der Waals surface area contributed by atoms with Crippen LogP contribution in [0.25, 0.3) is 21.5 Å². The summed E-state index contributed by atoms with van der Waals surface area (Å²) in [7, 11) is 2.11. The summed E-state index contributed by atoms with van der Waals surface area (Å²) in [6.45, 7) is 6.48. The summed E-state index contributed by atoms with van der Waals surface area (Å²) in [5.74, 6) is 1.23. The summed E-state index contributed by atoms with van der Waals surface area (Å²) < 4.78 is 20.8. The Hall–Kier alpha value is -3.53. The number of morpholine rings is 1. The van der Waals surface area contributed by atoms with Crippen molar-refractivity contribution in [3.63, 3.8) is 0 Å². The zero-order valence-corrected chi connectivity index (χ0v) is 28.9. The van der Waals surface area contributed by atoms with Crippen molar-refractivity contribution >= 4 is 57.2 Å². The predicted molar refractivity (Wildman–Crippen MR) is 191 cm³/mol. The van der Waals surface area contributed by atoms with Gasteiger partial charge >= 0.3 is 5.97 Å². The van der Waals surface area contributed by atoms with Gasteiger partial charge in [0.15, 0.2) is 0 Å². The average molecular weight is 678 g/mol. The van der Waals surface area contributed by atoms with E-state index in [1.807, 2.05) is 17.9 Å². The number of amides is 1. The minimum Gasteiger partial charge on any atom is -0.489 e. The van der Waals surface area contributed by atoms with E-state index in [0.717, 1.165) is 59.8 Å². The van der Waals surface area contributed by atoms with E-state index in [1.165, 1.54) is 48.1 Å². The van der Waals surface area contributed by atoms with Crippen molar-refractivity contribution in [1.82, 2.24) is 4.57 Å². The summed E-state index contributed by atoms with van der Waals surface area (Å²) >= 11 is 1.57. The van der Waals surface area contributed by atoms with Gasteiger partial charge in [-0.3, -0.25) is 4.79 Å². The van der Waals surface area contributed by atoms with Crippen LogP contribution in [0.1, 0.15) is 78.6 Å². The van der Waals surface area contributed by atoms with Crippen LogP contribution in [0.2, 0.25) is 0 Å². The van der Waals surface area contributed by atoms with Gasteiger partial charge in [0.25, 0.3) is 0 Å². The Morgan fingerprint density at radius 3 is 2.45 bits per heavy atom. The SMILES string of the molecule is CCOC(=O)c1cc2c(s1)c(C1CCCCC1)c(-c1ccc(OCc3cc(N4CCCC4=O)ccc3N3CCOCC3)cc1)n2C.Cl. The van der Waals surface area contributed by atoms with Crippen molar-refractivity contribution in [2.45, 2.75) is 64.4 Å². The molecule has 1 saturated carbocycles. The van der Waals surface area contributed by atoms with Crippen LogP contribution >= 0.6 is 23.7 Å². The lowest BCUT2D eigenvalue weighted by molar-refractivity contribution is -0.117. The van der Waals surface area contributed by atoms with Crippen molar-refractivity contribution < 1.29 is 23.8 Å². The molecule has 0 N–H and O–H groups in total. The molecule has 3 fully saturated rings. The molecule has 10 heteroatoms. The molecule has 2 aromatic heterocycles. The molecule has 0 unspecified atom stereocenters. The number of carbonyl (C=O) groups excluding carboxylic acids is 2. The normalized spacial score (nSPS) is 17.3. The number of esters is 1. The summed E-state index contributed by atoms with van der Waals surface area (Å²) in [5, 5.41) is 0. The lowest BCUT2D eigenvalue weighted by atomic mass is 9.83. The molecule has 0 radical (unpaired) electrons. The second-order valence-corrected chi connectivity index (χ2v) is 13.6. The van der Waals surface area contributed by atoms with E-state index in [1.54, 1.807) is 11.3 Å². The van der Waals surface area contributed by atoms with Gasteiger partial charge in [-0.15, -0.1) is 23.7 Å². The van der Waals surface area contributed by atoms with Crippen LogP contribution in [-0.2, 0) is 27.9 Å². The minimum atomic E-state index is -0.240. The molecule has 2 aromatic carbocycles. The summed E-state index contributed by atoms with van der Waals surface area (Å²) in [4.78, 5) is 30.0. The van der Waals surface area contributed by atoms with Gasteiger partial charge in [0.05, 0.1) is 35.7 Å². The first-order chi connectivity index (χ1) is 22.5. The molecule has 47 heavy (non-hydrogen) atoms. The van der Waals surface area contributed by atoms with E-state index in [2.05, 4.69) is 59.0 Å². The Labute approximate surface area is 287 Å². The molecule has 3 aliphatic rings. The quantitative estimate of drug-likeness (QED) is 0.167. The number of aromatic nitrogens is 1. The van der Waals surface area contributed by atoms with Gasteiger partial charge in [-0.1, -0.05) is 19.3 Å². The third kappa shape index (κ3) is 6.76. The maximum atomic E-state index is 12.6. The first-order valence-corrected chi connectivity index (χ1v) is 17.6. The maximum Gasteiger partial charge on any atom is 0.348 e. The number of nitrogens with zero attached hydrogens (tertiary/aromatic N) is 3. The van der Waals surface area contributed by atoms with Crippen LogP contribution in [-0.4, -0.2) is 55.9 Å². The predicted octanol–water partition coefficient (Wildman–Crippen LogP) is 8.10. The van der Waals surface area contributed by atoms with Gasteiger partial charge in [0, 0.05) is 50.0 Å². The summed E-state index contributed by atoms with van der Waals surface area (Å²) in [6, 6.07) is 16.8. The molecule has 7 rings (SSSR count). The fourth-order valence-electron chi connectivity index (χ4n) is 7.41. The molecule has 8 nitrogen and oxygen atoms in total. The zero-order valence-electron chi connectivity index (χ0n) is 27.3. The van der Waals surface area contributed by atoms with Crippen LogP contribution in [0.4, 0.5) is 11.4 Å². The van der Waals surface area contributed by atoms with Gasteiger partial charge in [-0.2, -0.15) is 0 Å². The number of thiophene rings is 1. The van der Waals surface area contributed by atoms with E-state index in [0.29, 0.717) is 43.6 Å². The van der Waals surface area contributed by atoms with Crippen LogP contribution in [0, 0.1) is 0 Å². The summed E-state index contributed by atoms with van der Waals surface area (Å²) in [5.41, 5.74) is 8.00. The van der Waals surface area contributed by atoms with E-state index in [4.69, 9.17) is 14.2 Å². The third-order valence-electron chi connectivity index (χ3n) is 9.72. The number of ether oxygens (including phenoxy) is 3. The average Bonchev–Trinajstić information content (AvgIpc) is 3.80. The smallest absolute Gasteiger partial charge is 0.348 e. The van der Waals surface area contributed by atoms with Gasteiger partial charge in [-0.05, 0) is 91.8 Å². The highest BCUT2D eigenvalue weighted by atomic mass is 35.5. The van der Waals surface area contributed by atoms with E-state index >= 15 is 0 Å². The minimum absolute atomic E-state index is 0. The number of rotatable bonds is 9. The number of halogens is 1. The molecule has 250 valence electrons. The van der Waals surface area contributed by atoms with Crippen molar-refractivity contribution in [3.8, 4) is 17.0 Å². The third-order valence-corrected chi connectivity index (χ3v) is 10.9. The fourth-order valence-corrected chi connectivity index (χ4v) is 8.62. The molecule has 1 amide bonds.